The molecule has 5 nitrogen and oxygen atoms in total. The van der Waals surface area contributed by atoms with E-state index < -0.39 is 17.7 Å². The third kappa shape index (κ3) is 4.27. The molecule has 2 amide bonds. The van der Waals surface area contributed by atoms with Gasteiger partial charge in [0.2, 0.25) is 0 Å². The van der Waals surface area contributed by atoms with Crippen LogP contribution in [0.25, 0.3) is 0 Å². The van der Waals surface area contributed by atoms with Crippen molar-refractivity contribution < 1.29 is 13.6 Å². The Morgan fingerprint density at radius 3 is 2.76 bits per heavy atom. The number of aromatic nitrogens is 2. The molecule has 1 heterocycles. The number of hydrogen-bond donors (Lipinski definition) is 2. The van der Waals surface area contributed by atoms with Crippen molar-refractivity contribution >= 4 is 17.4 Å². The van der Waals surface area contributed by atoms with Gasteiger partial charge in [-0.25, -0.2) is 13.6 Å². The molecule has 0 spiro atoms. The van der Waals surface area contributed by atoms with Crippen LogP contribution in [-0.4, -0.2) is 15.8 Å². The Bertz CT molecular complexity index is 640. The first-order valence-corrected chi connectivity index (χ1v) is 6.49. The molecule has 0 aliphatic heterocycles. The zero-order valence-corrected chi connectivity index (χ0v) is 11.7. The fourth-order valence-electron chi connectivity index (χ4n) is 1.78. The summed E-state index contributed by atoms with van der Waals surface area (Å²) in [5, 5.41) is 8.94. The summed E-state index contributed by atoms with van der Waals surface area (Å²) in [5.41, 5.74) is 0.402. The van der Waals surface area contributed by atoms with Crippen molar-refractivity contribution in [2.75, 3.05) is 10.6 Å². The molecule has 0 saturated heterocycles. The molecular weight excluding hydrogens is 278 g/mol. The quantitative estimate of drug-likeness (QED) is 0.907. The van der Waals surface area contributed by atoms with Crippen molar-refractivity contribution in [3.8, 4) is 0 Å². The molecule has 7 heteroatoms. The van der Waals surface area contributed by atoms with Crippen LogP contribution in [0, 0.1) is 17.6 Å². The van der Waals surface area contributed by atoms with Gasteiger partial charge in [-0.15, -0.1) is 0 Å². The lowest BCUT2D eigenvalue weighted by Crippen LogP contribution is -2.19. The average Bonchev–Trinajstić information content (AvgIpc) is 2.79. The van der Waals surface area contributed by atoms with Crippen molar-refractivity contribution in [3.05, 3.63) is 42.2 Å². The third-order valence-corrected chi connectivity index (χ3v) is 2.62. The topological polar surface area (TPSA) is 59.0 Å². The molecule has 2 aromatic rings. The fraction of sp³-hybridized carbons (Fsp3) is 0.286. The third-order valence-electron chi connectivity index (χ3n) is 2.62. The maximum atomic E-state index is 13.4. The highest BCUT2D eigenvalue weighted by Crippen LogP contribution is 2.15. The van der Waals surface area contributed by atoms with Crippen LogP contribution in [0.2, 0.25) is 0 Å². The van der Waals surface area contributed by atoms with Gasteiger partial charge in [0.05, 0.1) is 17.6 Å². The summed E-state index contributed by atoms with van der Waals surface area (Å²) in [6, 6.07) is 2.31. The van der Waals surface area contributed by atoms with Crippen molar-refractivity contribution in [2.45, 2.75) is 20.4 Å². The maximum Gasteiger partial charge on any atom is 0.323 e. The molecule has 0 bridgehead atoms. The van der Waals surface area contributed by atoms with E-state index in [0.717, 1.165) is 18.7 Å². The molecule has 0 aliphatic rings. The lowest BCUT2D eigenvalue weighted by atomic mass is 10.2. The average molecular weight is 294 g/mol. The maximum absolute atomic E-state index is 13.4. The SMILES string of the molecule is CC(C)Cn1cc(NC(=O)Nc2ccc(F)cc2F)cn1. The first-order chi connectivity index (χ1) is 9.94. The summed E-state index contributed by atoms with van der Waals surface area (Å²) in [5.74, 6) is -1.10. The minimum Gasteiger partial charge on any atom is -0.305 e. The van der Waals surface area contributed by atoms with Crippen molar-refractivity contribution in [1.29, 1.82) is 0 Å². The van der Waals surface area contributed by atoms with E-state index in [1.807, 2.05) is 0 Å². The molecule has 0 atom stereocenters. The summed E-state index contributed by atoms with van der Waals surface area (Å²) in [6.07, 6.45) is 3.18. The number of urea groups is 1. The largest absolute Gasteiger partial charge is 0.323 e. The second-order valence-electron chi connectivity index (χ2n) is 5.05. The molecule has 0 aliphatic carbocycles. The van der Waals surface area contributed by atoms with Gasteiger partial charge >= 0.3 is 6.03 Å². The number of carbonyl (C=O) groups excluding carboxylic acids is 1. The molecule has 0 radical (unpaired) electrons. The van der Waals surface area contributed by atoms with Gasteiger partial charge in [0.1, 0.15) is 11.6 Å². The molecule has 0 fully saturated rings. The van der Waals surface area contributed by atoms with Gasteiger partial charge in [0, 0.05) is 18.8 Å². The zero-order chi connectivity index (χ0) is 15.4. The first kappa shape index (κ1) is 15.0. The molecule has 1 aromatic heterocycles. The van der Waals surface area contributed by atoms with Crippen LogP contribution in [0.5, 0.6) is 0 Å². The lowest BCUT2D eigenvalue weighted by molar-refractivity contribution is 0.262. The van der Waals surface area contributed by atoms with E-state index in [-0.39, 0.29) is 5.69 Å². The van der Waals surface area contributed by atoms with E-state index in [1.165, 1.54) is 6.20 Å². The number of benzene rings is 1. The summed E-state index contributed by atoms with van der Waals surface area (Å²) >= 11 is 0. The highest BCUT2D eigenvalue weighted by atomic mass is 19.1. The Morgan fingerprint density at radius 1 is 1.33 bits per heavy atom. The van der Waals surface area contributed by atoms with Crippen molar-refractivity contribution in [3.63, 3.8) is 0 Å². The Morgan fingerprint density at radius 2 is 2.10 bits per heavy atom. The van der Waals surface area contributed by atoms with Crippen molar-refractivity contribution in [1.82, 2.24) is 9.78 Å². The van der Waals surface area contributed by atoms with Gasteiger partial charge in [-0.1, -0.05) is 13.8 Å². The van der Waals surface area contributed by atoms with Gasteiger partial charge < -0.3 is 10.6 Å². The molecule has 0 saturated carbocycles. The van der Waals surface area contributed by atoms with E-state index >= 15 is 0 Å². The minimum absolute atomic E-state index is 0.0940. The normalized spacial score (nSPS) is 10.7. The Labute approximate surface area is 121 Å². The second kappa shape index (κ2) is 6.34. The number of nitrogens with one attached hydrogen (secondary N) is 2. The molecule has 2 N–H and O–H groups in total. The predicted octanol–water partition coefficient (Wildman–Crippen LogP) is 3.46. The van der Waals surface area contributed by atoms with Gasteiger partial charge in [0.15, 0.2) is 0 Å². The van der Waals surface area contributed by atoms with E-state index in [9.17, 15) is 13.6 Å². The number of rotatable bonds is 4. The number of amides is 2. The van der Waals surface area contributed by atoms with Crippen LogP contribution in [-0.2, 0) is 6.54 Å². The highest BCUT2D eigenvalue weighted by molar-refractivity contribution is 5.99. The monoisotopic (exact) mass is 294 g/mol. The molecule has 2 rings (SSSR count). The number of carbonyl (C=O) groups is 1. The number of halogens is 2. The molecule has 21 heavy (non-hydrogen) atoms. The van der Waals surface area contributed by atoms with Gasteiger partial charge in [-0.05, 0) is 18.1 Å². The number of hydrogen-bond acceptors (Lipinski definition) is 2. The Balaban J connectivity index is 1.96. The fourth-order valence-corrected chi connectivity index (χ4v) is 1.78. The summed E-state index contributed by atoms with van der Waals surface area (Å²) in [6.45, 7) is 4.84. The van der Waals surface area contributed by atoms with Crippen LogP contribution >= 0.6 is 0 Å². The standard InChI is InChI=1S/C14H16F2N4O/c1-9(2)7-20-8-11(6-17-20)18-14(21)19-13-4-3-10(15)5-12(13)16/h3-6,8-9H,7H2,1-2H3,(H2,18,19,21). The van der Waals surface area contributed by atoms with Crippen LogP contribution in [0.3, 0.4) is 0 Å². The summed E-state index contributed by atoms with van der Waals surface area (Å²) in [4.78, 5) is 11.7. The van der Waals surface area contributed by atoms with Crippen molar-refractivity contribution in [2.24, 2.45) is 5.92 Å². The van der Waals surface area contributed by atoms with Crippen LogP contribution in [0.1, 0.15) is 13.8 Å². The lowest BCUT2D eigenvalue weighted by Gasteiger charge is -2.07. The van der Waals surface area contributed by atoms with Crippen LogP contribution in [0.4, 0.5) is 25.0 Å². The summed E-state index contributed by atoms with van der Waals surface area (Å²) < 4.78 is 27.9. The van der Waals surface area contributed by atoms with E-state index in [1.54, 1.807) is 10.9 Å². The smallest absolute Gasteiger partial charge is 0.305 e. The van der Waals surface area contributed by atoms with Crippen LogP contribution < -0.4 is 10.6 Å². The molecule has 112 valence electrons. The molecule has 1 aromatic carbocycles. The van der Waals surface area contributed by atoms with E-state index in [4.69, 9.17) is 0 Å². The zero-order valence-electron chi connectivity index (χ0n) is 11.7. The van der Waals surface area contributed by atoms with Crippen LogP contribution in [0.15, 0.2) is 30.6 Å². The number of nitrogens with zero attached hydrogens (tertiary/aromatic N) is 2. The Kier molecular flexibility index (Phi) is 4.52. The predicted molar refractivity (Wildman–Crippen MR) is 76.1 cm³/mol. The second-order valence-corrected chi connectivity index (χ2v) is 5.05. The molecule has 0 unspecified atom stereocenters. The highest BCUT2D eigenvalue weighted by Gasteiger charge is 2.09. The molecular formula is C14H16F2N4O. The van der Waals surface area contributed by atoms with Gasteiger partial charge in [-0.3, -0.25) is 4.68 Å². The van der Waals surface area contributed by atoms with E-state index in [2.05, 4.69) is 29.6 Å². The Hall–Kier alpha value is -2.44. The van der Waals surface area contributed by atoms with Gasteiger partial charge in [-0.2, -0.15) is 5.10 Å². The van der Waals surface area contributed by atoms with E-state index in [0.29, 0.717) is 17.7 Å². The number of anilines is 2. The summed E-state index contributed by atoms with van der Waals surface area (Å²) in [7, 11) is 0. The van der Waals surface area contributed by atoms with Gasteiger partial charge in [0.25, 0.3) is 0 Å². The minimum atomic E-state index is -0.833. The first-order valence-electron chi connectivity index (χ1n) is 6.49.